The van der Waals surface area contributed by atoms with Crippen LogP contribution in [0.3, 0.4) is 0 Å². The van der Waals surface area contributed by atoms with Gasteiger partial charge in [-0.05, 0) is 61.1 Å². The normalized spacial score (nSPS) is 14.1. The van der Waals surface area contributed by atoms with Crippen LogP contribution in [-0.4, -0.2) is 83.3 Å². The molecule has 1 aliphatic heterocycles. The summed E-state index contributed by atoms with van der Waals surface area (Å²) in [5.74, 6) is -2.17. The van der Waals surface area contributed by atoms with Crippen LogP contribution in [-0.2, 0) is 40.4 Å². The van der Waals surface area contributed by atoms with Crippen LogP contribution in [0.1, 0.15) is 60.7 Å². The van der Waals surface area contributed by atoms with Crippen molar-refractivity contribution in [3.05, 3.63) is 123 Å². The first kappa shape index (κ1) is 44.7. The van der Waals surface area contributed by atoms with Crippen LogP contribution in [0, 0.1) is 11.7 Å². The number of carbonyl (C=O) groups is 4. The number of carboxylic acid groups (broad SMARTS) is 1. The van der Waals surface area contributed by atoms with Crippen LogP contribution in [0.25, 0.3) is 10.9 Å². The Kier molecular flexibility index (Phi) is 15.7. The van der Waals surface area contributed by atoms with Gasteiger partial charge in [-0.2, -0.15) is 0 Å². The minimum atomic E-state index is -1.37. The Labute approximate surface area is 348 Å². The zero-order chi connectivity index (χ0) is 43.3. The minimum absolute atomic E-state index is 0.00899. The molecule has 0 aliphatic carbocycles. The van der Waals surface area contributed by atoms with E-state index in [1.807, 2.05) is 56.3 Å². The number of aromatic nitrogens is 1. The number of aryl methyl sites for hydroxylation is 1. The van der Waals surface area contributed by atoms with Crippen molar-refractivity contribution in [2.45, 2.75) is 71.9 Å². The van der Waals surface area contributed by atoms with Gasteiger partial charge in [0.1, 0.15) is 24.6 Å². The van der Waals surface area contributed by atoms with E-state index in [-0.39, 0.29) is 55.5 Å². The SMILES string of the molecule is CCn1cc(C(=O)O)c(=O)c2cc(F)c(N3CCN(C(=O)OCc4ccc(CC(=O)[C@H](CCCN)N/C=C(\N)[C@@H](NC(=O)OCc5ccccc5)C(C)C)cc4)CC3)cc21. The Balaban J connectivity index is 1.11. The molecular formula is C44H54FN7O8. The van der Waals surface area contributed by atoms with E-state index in [2.05, 4.69) is 10.6 Å². The average molecular weight is 828 g/mol. The number of rotatable bonds is 18. The maximum Gasteiger partial charge on any atom is 0.410 e. The number of ether oxygens (including phenoxy) is 2. The molecule has 1 saturated heterocycles. The molecule has 3 aromatic carbocycles. The zero-order valence-corrected chi connectivity index (χ0v) is 34.2. The number of amides is 2. The number of fused-ring (bicyclic) bond motifs is 1. The molecule has 0 unspecified atom stereocenters. The highest BCUT2D eigenvalue weighted by Gasteiger charge is 2.26. The smallest absolute Gasteiger partial charge is 0.410 e. The number of piperazine rings is 1. The maximum atomic E-state index is 15.3. The van der Waals surface area contributed by atoms with Crippen molar-refractivity contribution in [3.63, 3.8) is 0 Å². The molecule has 1 aliphatic rings. The molecule has 0 radical (unpaired) electrons. The van der Waals surface area contributed by atoms with E-state index in [9.17, 15) is 29.1 Å². The molecule has 2 amide bonds. The summed E-state index contributed by atoms with van der Waals surface area (Å²) in [6, 6.07) is 18.0. The first-order valence-electron chi connectivity index (χ1n) is 20.1. The van der Waals surface area contributed by atoms with Gasteiger partial charge in [0.25, 0.3) is 0 Å². The van der Waals surface area contributed by atoms with Gasteiger partial charge < -0.3 is 51.0 Å². The van der Waals surface area contributed by atoms with Crippen molar-refractivity contribution in [2.24, 2.45) is 17.4 Å². The second-order valence-corrected chi connectivity index (χ2v) is 15.0. The van der Waals surface area contributed by atoms with E-state index in [4.69, 9.17) is 20.9 Å². The predicted octanol–water partition coefficient (Wildman–Crippen LogP) is 4.88. The van der Waals surface area contributed by atoms with Crippen LogP contribution in [0.2, 0.25) is 0 Å². The number of Topliss-reactive ketones (excluding diaryl/α,β-unsaturated/α-hetero) is 1. The van der Waals surface area contributed by atoms with Crippen molar-refractivity contribution >= 4 is 40.5 Å². The minimum Gasteiger partial charge on any atom is -0.477 e. The fourth-order valence-corrected chi connectivity index (χ4v) is 6.97. The zero-order valence-electron chi connectivity index (χ0n) is 34.2. The van der Waals surface area contributed by atoms with Gasteiger partial charge in [-0.3, -0.25) is 9.59 Å². The predicted molar refractivity (Wildman–Crippen MR) is 226 cm³/mol. The van der Waals surface area contributed by atoms with Gasteiger partial charge in [-0.15, -0.1) is 0 Å². The third-order valence-corrected chi connectivity index (χ3v) is 10.4. The summed E-state index contributed by atoms with van der Waals surface area (Å²) < 4.78 is 27.9. The Morgan fingerprint density at radius 3 is 2.22 bits per heavy atom. The number of hydrogen-bond acceptors (Lipinski definition) is 11. The highest BCUT2D eigenvalue weighted by atomic mass is 19.1. The van der Waals surface area contributed by atoms with Crippen LogP contribution < -0.4 is 32.4 Å². The molecular weight excluding hydrogens is 774 g/mol. The van der Waals surface area contributed by atoms with E-state index >= 15 is 4.39 Å². The molecule has 0 bridgehead atoms. The third-order valence-electron chi connectivity index (χ3n) is 10.4. The van der Waals surface area contributed by atoms with Gasteiger partial charge in [0.15, 0.2) is 5.78 Å². The number of carboxylic acids is 1. The van der Waals surface area contributed by atoms with E-state index in [1.165, 1.54) is 11.1 Å². The Bertz CT molecular complexity index is 2220. The number of hydrogen-bond donors (Lipinski definition) is 5. The molecule has 15 nitrogen and oxygen atoms in total. The van der Waals surface area contributed by atoms with E-state index in [1.54, 1.807) is 40.8 Å². The largest absolute Gasteiger partial charge is 0.477 e. The summed E-state index contributed by atoms with van der Waals surface area (Å²) in [5.41, 5.74) is 14.4. The summed E-state index contributed by atoms with van der Waals surface area (Å²) in [6.45, 7) is 7.70. The summed E-state index contributed by atoms with van der Waals surface area (Å²) in [7, 11) is 0. The third kappa shape index (κ3) is 11.6. The Hall–Kier alpha value is -6.42. The molecule has 16 heteroatoms. The van der Waals surface area contributed by atoms with Gasteiger partial charge in [0.05, 0.1) is 23.3 Å². The number of ketones is 1. The Morgan fingerprint density at radius 2 is 1.58 bits per heavy atom. The number of carbonyl (C=O) groups excluding carboxylic acids is 3. The number of aromatic carboxylic acids is 1. The highest BCUT2D eigenvalue weighted by molar-refractivity contribution is 5.93. The summed E-state index contributed by atoms with van der Waals surface area (Å²) in [5, 5.41) is 15.4. The van der Waals surface area contributed by atoms with Crippen molar-refractivity contribution < 1.29 is 38.1 Å². The topological polar surface area (TPSA) is 212 Å². The maximum absolute atomic E-state index is 15.3. The van der Waals surface area contributed by atoms with Gasteiger partial charge in [-0.25, -0.2) is 18.8 Å². The van der Waals surface area contributed by atoms with E-state index in [0.29, 0.717) is 50.2 Å². The fraction of sp³-hybridized carbons (Fsp3) is 0.386. The van der Waals surface area contributed by atoms with Crippen molar-refractivity contribution in [2.75, 3.05) is 37.6 Å². The second kappa shape index (κ2) is 21.0. The first-order chi connectivity index (χ1) is 28.8. The molecule has 320 valence electrons. The lowest BCUT2D eigenvalue weighted by molar-refractivity contribution is -0.120. The van der Waals surface area contributed by atoms with Gasteiger partial charge in [-0.1, -0.05) is 68.4 Å². The average Bonchev–Trinajstić information content (AvgIpc) is 3.24. The molecule has 4 aromatic rings. The van der Waals surface area contributed by atoms with Crippen LogP contribution >= 0.6 is 0 Å². The number of anilines is 1. The van der Waals surface area contributed by atoms with Crippen LogP contribution in [0.5, 0.6) is 0 Å². The molecule has 5 rings (SSSR count). The van der Waals surface area contributed by atoms with Crippen LogP contribution in [0.15, 0.2) is 89.6 Å². The number of nitrogens with one attached hydrogen (secondary N) is 2. The standard InChI is InChI=1S/C44H54FN7O8/c1-4-50-25-33(42(55)56)41(54)32-22-34(45)38(23-37(32)50)51-17-19-52(20-18-51)44(58)60-27-31-14-12-29(13-15-31)21-39(53)36(11-8-16-46)48-24-35(47)40(28(2)3)49-43(57)59-26-30-9-6-5-7-10-30/h5-7,9-10,12-15,22-25,28,36,40,48H,4,8,11,16-21,26-27,46-47H2,1-3H3,(H,49,57)(H,55,56)/b35-24-/t36-,40-/m0/s1. The molecule has 2 heterocycles. The molecule has 60 heavy (non-hydrogen) atoms. The number of halogens is 1. The lowest BCUT2D eigenvalue weighted by Gasteiger charge is -2.35. The summed E-state index contributed by atoms with van der Waals surface area (Å²) in [6.07, 6.45) is 2.92. The van der Waals surface area contributed by atoms with Crippen LogP contribution in [0.4, 0.5) is 19.7 Å². The number of benzene rings is 3. The molecule has 0 spiro atoms. The summed E-state index contributed by atoms with van der Waals surface area (Å²) in [4.78, 5) is 66.7. The quantitative estimate of drug-likeness (QED) is 0.0909. The number of alkyl carbamates (subject to hydrolysis) is 1. The van der Waals surface area contributed by atoms with Crippen molar-refractivity contribution in [3.8, 4) is 0 Å². The van der Waals surface area contributed by atoms with E-state index < -0.39 is 47.0 Å². The molecule has 7 N–H and O–H groups in total. The molecule has 2 atom stereocenters. The molecule has 1 fully saturated rings. The highest BCUT2D eigenvalue weighted by Crippen LogP contribution is 2.27. The van der Waals surface area contributed by atoms with E-state index in [0.717, 1.165) is 22.8 Å². The first-order valence-corrected chi connectivity index (χ1v) is 20.1. The van der Waals surface area contributed by atoms with Gasteiger partial charge in [0.2, 0.25) is 5.43 Å². The lowest BCUT2D eigenvalue weighted by atomic mass is 9.99. The number of pyridine rings is 1. The molecule has 1 aromatic heterocycles. The fourth-order valence-electron chi connectivity index (χ4n) is 6.97. The number of nitrogens with zero attached hydrogens (tertiary/aromatic N) is 3. The monoisotopic (exact) mass is 827 g/mol. The Morgan fingerprint density at radius 1 is 0.933 bits per heavy atom. The molecule has 0 saturated carbocycles. The van der Waals surface area contributed by atoms with Crippen molar-refractivity contribution in [1.29, 1.82) is 0 Å². The van der Waals surface area contributed by atoms with Gasteiger partial charge in [0, 0.05) is 62.6 Å². The van der Waals surface area contributed by atoms with Gasteiger partial charge >= 0.3 is 18.2 Å². The van der Waals surface area contributed by atoms with Crippen molar-refractivity contribution in [1.82, 2.24) is 20.1 Å². The number of nitrogens with two attached hydrogens (primary N) is 2. The summed E-state index contributed by atoms with van der Waals surface area (Å²) >= 11 is 0. The lowest BCUT2D eigenvalue weighted by Crippen LogP contribution is -2.49. The second-order valence-electron chi connectivity index (χ2n) is 15.0.